The summed E-state index contributed by atoms with van der Waals surface area (Å²) in [4.78, 5) is 4.93. The fourth-order valence-electron chi connectivity index (χ4n) is 7.37. The average molecular weight is 573 g/mol. The molecular formula is C42H29BN2. The number of benzene rings is 7. The van der Waals surface area contributed by atoms with Gasteiger partial charge in [-0.1, -0.05) is 121 Å². The molecule has 0 N–H and O–H groups in total. The van der Waals surface area contributed by atoms with Gasteiger partial charge >= 0.3 is 0 Å². The molecule has 2 heterocycles. The van der Waals surface area contributed by atoms with Gasteiger partial charge < -0.3 is 9.80 Å². The van der Waals surface area contributed by atoms with Gasteiger partial charge in [-0.25, -0.2) is 0 Å². The Hall–Kier alpha value is -5.80. The summed E-state index contributed by atoms with van der Waals surface area (Å²) in [5, 5.41) is 0. The summed E-state index contributed by atoms with van der Waals surface area (Å²) in [6.07, 6.45) is 0. The number of hydrogen-bond donors (Lipinski definition) is 0. The molecule has 2 aliphatic heterocycles. The zero-order chi connectivity index (χ0) is 29.7. The molecule has 9 rings (SSSR count). The molecule has 2 nitrogen and oxygen atoms in total. The maximum Gasteiger partial charge on any atom is 0.252 e. The summed E-state index contributed by atoms with van der Waals surface area (Å²) in [5.74, 6) is 0. The van der Waals surface area contributed by atoms with Gasteiger partial charge in [0.15, 0.2) is 0 Å². The predicted molar refractivity (Wildman–Crippen MR) is 191 cm³/mol. The number of nitrogens with zero attached hydrogens (tertiary/aromatic N) is 2. The van der Waals surface area contributed by atoms with E-state index in [1.807, 2.05) is 0 Å². The highest BCUT2D eigenvalue weighted by Crippen LogP contribution is 2.45. The summed E-state index contributed by atoms with van der Waals surface area (Å²) in [6, 6.07) is 63.9. The molecule has 0 amide bonds. The van der Waals surface area contributed by atoms with E-state index in [2.05, 4.69) is 186 Å². The highest BCUT2D eigenvalue weighted by Gasteiger charge is 2.44. The number of fused-ring (bicyclic) bond motifs is 4. The van der Waals surface area contributed by atoms with Crippen molar-refractivity contribution in [3.63, 3.8) is 0 Å². The molecule has 7 aromatic rings. The van der Waals surface area contributed by atoms with Gasteiger partial charge in [-0.15, -0.1) is 0 Å². The van der Waals surface area contributed by atoms with Crippen LogP contribution in [0.2, 0.25) is 0 Å². The molecule has 0 atom stereocenters. The van der Waals surface area contributed by atoms with Crippen LogP contribution in [0.1, 0.15) is 0 Å². The number of anilines is 6. The van der Waals surface area contributed by atoms with E-state index in [1.54, 1.807) is 0 Å². The number of rotatable bonds is 4. The van der Waals surface area contributed by atoms with E-state index >= 15 is 0 Å². The van der Waals surface area contributed by atoms with Crippen molar-refractivity contribution in [3.05, 3.63) is 176 Å². The molecule has 0 aromatic heterocycles. The third-order valence-corrected chi connectivity index (χ3v) is 9.23. The molecule has 210 valence electrons. The third-order valence-electron chi connectivity index (χ3n) is 9.23. The van der Waals surface area contributed by atoms with Crippen molar-refractivity contribution in [2.45, 2.75) is 0 Å². The minimum Gasteiger partial charge on any atom is -0.311 e. The molecule has 0 radical (unpaired) electrons. The summed E-state index contributed by atoms with van der Waals surface area (Å²) in [5.41, 5.74) is 16.1. The van der Waals surface area contributed by atoms with Gasteiger partial charge in [-0.3, -0.25) is 0 Å². The first kappa shape index (κ1) is 25.7. The minimum absolute atomic E-state index is 0.0577. The highest BCUT2D eigenvalue weighted by atomic mass is 15.2. The van der Waals surface area contributed by atoms with E-state index in [4.69, 9.17) is 0 Å². The van der Waals surface area contributed by atoms with E-state index in [0.29, 0.717) is 0 Å². The van der Waals surface area contributed by atoms with Crippen molar-refractivity contribution < 1.29 is 0 Å². The van der Waals surface area contributed by atoms with Crippen molar-refractivity contribution in [3.8, 4) is 22.3 Å². The largest absolute Gasteiger partial charge is 0.311 e. The maximum atomic E-state index is 2.49. The van der Waals surface area contributed by atoms with Crippen LogP contribution in [-0.4, -0.2) is 6.71 Å². The van der Waals surface area contributed by atoms with Gasteiger partial charge in [0.2, 0.25) is 0 Å². The third kappa shape index (κ3) is 4.05. The normalized spacial score (nSPS) is 12.8. The molecule has 0 aliphatic carbocycles. The lowest BCUT2D eigenvalue weighted by Crippen LogP contribution is -2.61. The second-order valence-electron chi connectivity index (χ2n) is 11.7. The number of hydrogen-bond acceptors (Lipinski definition) is 2. The fraction of sp³-hybridized carbons (Fsp3) is 0. The van der Waals surface area contributed by atoms with Crippen molar-refractivity contribution in [1.29, 1.82) is 0 Å². The quantitative estimate of drug-likeness (QED) is 0.194. The van der Waals surface area contributed by atoms with Crippen molar-refractivity contribution in [2.24, 2.45) is 0 Å². The lowest BCUT2D eigenvalue weighted by atomic mass is 9.32. The van der Waals surface area contributed by atoms with E-state index in [-0.39, 0.29) is 6.71 Å². The Morgan fingerprint density at radius 3 is 1.44 bits per heavy atom. The molecular weight excluding hydrogens is 543 g/mol. The van der Waals surface area contributed by atoms with Crippen LogP contribution < -0.4 is 26.2 Å². The molecule has 0 unspecified atom stereocenters. The molecule has 0 spiro atoms. The number of para-hydroxylation sites is 3. The zero-order valence-electron chi connectivity index (χ0n) is 24.7. The minimum atomic E-state index is 0.0577. The molecule has 0 saturated heterocycles. The second kappa shape index (κ2) is 10.4. The van der Waals surface area contributed by atoms with Crippen LogP contribution in [0, 0.1) is 0 Å². The van der Waals surface area contributed by atoms with Gasteiger partial charge in [-0.2, -0.15) is 0 Å². The summed E-state index contributed by atoms with van der Waals surface area (Å²) in [6.45, 7) is 0.0577. The fourth-order valence-corrected chi connectivity index (χ4v) is 7.37. The Balaban J connectivity index is 1.43. The Morgan fingerprint density at radius 1 is 0.333 bits per heavy atom. The van der Waals surface area contributed by atoms with Crippen molar-refractivity contribution in [2.75, 3.05) is 9.80 Å². The van der Waals surface area contributed by atoms with Gasteiger partial charge in [0.05, 0.1) is 0 Å². The first-order valence-corrected chi connectivity index (χ1v) is 15.6. The van der Waals surface area contributed by atoms with E-state index in [9.17, 15) is 0 Å². The lowest BCUT2D eigenvalue weighted by molar-refractivity contribution is 1.25. The SMILES string of the molecule is c1ccc(-c2cc(-c3ccccc3)c3c(c2)N(c2ccccc2)c2cccc4c2B3c2ccccc2N4c2ccccc2)cc1. The highest BCUT2D eigenvalue weighted by molar-refractivity contribution is 7.01. The van der Waals surface area contributed by atoms with Crippen molar-refractivity contribution >= 4 is 57.2 Å². The van der Waals surface area contributed by atoms with E-state index in [0.717, 1.165) is 11.4 Å². The van der Waals surface area contributed by atoms with Crippen LogP contribution in [0.5, 0.6) is 0 Å². The molecule has 3 heteroatoms. The molecule has 45 heavy (non-hydrogen) atoms. The Bertz CT molecular complexity index is 2160. The van der Waals surface area contributed by atoms with Crippen LogP contribution in [0.15, 0.2) is 176 Å². The van der Waals surface area contributed by atoms with Crippen LogP contribution >= 0.6 is 0 Å². The standard InChI is InChI=1S/C42H29BN2/c1-5-16-30(17-6-1)32-28-35(31-18-7-2-8-19-31)41-40(29-32)45(34-22-11-4-12-23-34)39-27-15-26-38-42(39)43(41)36-24-13-14-25-37(36)44(38)33-20-9-3-10-21-33/h1-29H. The van der Waals surface area contributed by atoms with E-state index in [1.165, 1.54) is 61.4 Å². The van der Waals surface area contributed by atoms with Crippen LogP contribution in [0.3, 0.4) is 0 Å². The maximum absolute atomic E-state index is 2.49. The van der Waals surface area contributed by atoms with Crippen LogP contribution in [0.25, 0.3) is 22.3 Å². The van der Waals surface area contributed by atoms with Gasteiger partial charge in [0.25, 0.3) is 6.71 Å². The molecule has 7 aromatic carbocycles. The average Bonchev–Trinajstić information content (AvgIpc) is 3.12. The summed E-state index contributed by atoms with van der Waals surface area (Å²) >= 11 is 0. The van der Waals surface area contributed by atoms with Gasteiger partial charge in [-0.05, 0) is 93.2 Å². The monoisotopic (exact) mass is 572 g/mol. The van der Waals surface area contributed by atoms with Crippen LogP contribution in [-0.2, 0) is 0 Å². The zero-order valence-corrected chi connectivity index (χ0v) is 24.7. The molecule has 0 saturated carbocycles. The smallest absolute Gasteiger partial charge is 0.252 e. The molecule has 2 aliphatic rings. The molecule has 0 fully saturated rings. The topological polar surface area (TPSA) is 6.48 Å². The van der Waals surface area contributed by atoms with Crippen LogP contribution in [0.4, 0.5) is 34.1 Å². The van der Waals surface area contributed by atoms with Gasteiger partial charge in [0.1, 0.15) is 0 Å². The summed E-state index contributed by atoms with van der Waals surface area (Å²) < 4.78 is 0. The predicted octanol–water partition coefficient (Wildman–Crippen LogP) is 9.10. The Morgan fingerprint density at radius 2 is 0.822 bits per heavy atom. The molecule has 0 bridgehead atoms. The Kier molecular flexibility index (Phi) is 5.95. The second-order valence-corrected chi connectivity index (χ2v) is 11.7. The van der Waals surface area contributed by atoms with E-state index < -0.39 is 0 Å². The summed E-state index contributed by atoms with van der Waals surface area (Å²) in [7, 11) is 0. The van der Waals surface area contributed by atoms with Gasteiger partial charge in [0, 0.05) is 34.1 Å². The lowest BCUT2D eigenvalue weighted by Gasteiger charge is -2.44. The first-order valence-electron chi connectivity index (χ1n) is 15.6. The first-order chi connectivity index (χ1) is 22.4. The Labute approximate surface area is 264 Å². The van der Waals surface area contributed by atoms with Crippen molar-refractivity contribution in [1.82, 2.24) is 0 Å².